The fourth-order valence-electron chi connectivity index (χ4n) is 3.87. The lowest BCUT2D eigenvalue weighted by molar-refractivity contribution is -0.124. The predicted molar refractivity (Wildman–Crippen MR) is 102 cm³/mol. The van der Waals surface area contributed by atoms with Gasteiger partial charge in [0.2, 0.25) is 5.91 Å². The number of pyridine rings is 1. The van der Waals surface area contributed by atoms with E-state index < -0.39 is 0 Å². The molecule has 0 atom stereocenters. The predicted octanol–water partition coefficient (Wildman–Crippen LogP) is 2.80. The summed E-state index contributed by atoms with van der Waals surface area (Å²) in [6.45, 7) is 5.06. The first kappa shape index (κ1) is 18.6. The Morgan fingerprint density at radius 2 is 2.04 bits per heavy atom. The number of nitrogens with one attached hydrogen (secondary N) is 1. The van der Waals surface area contributed by atoms with Gasteiger partial charge in [0, 0.05) is 24.9 Å². The first-order valence-electron chi connectivity index (χ1n) is 9.47. The van der Waals surface area contributed by atoms with Crippen LogP contribution in [0.3, 0.4) is 0 Å². The van der Waals surface area contributed by atoms with E-state index in [1.54, 1.807) is 6.20 Å². The molecule has 0 spiro atoms. The molecule has 6 nitrogen and oxygen atoms in total. The molecule has 3 N–H and O–H groups in total. The Bertz CT molecular complexity index is 744. The van der Waals surface area contributed by atoms with Crippen LogP contribution in [0.1, 0.15) is 55.5 Å². The van der Waals surface area contributed by atoms with Gasteiger partial charge in [-0.15, -0.1) is 0 Å². The molecule has 6 heteroatoms. The van der Waals surface area contributed by atoms with Crippen molar-refractivity contribution < 1.29 is 4.79 Å². The van der Waals surface area contributed by atoms with E-state index in [1.165, 1.54) is 19.3 Å². The van der Waals surface area contributed by atoms with Gasteiger partial charge in [-0.1, -0.05) is 25.3 Å². The summed E-state index contributed by atoms with van der Waals surface area (Å²) in [5.41, 5.74) is 8.98. The van der Waals surface area contributed by atoms with E-state index >= 15 is 0 Å². The first-order chi connectivity index (χ1) is 12.5. The van der Waals surface area contributed by atoms with Gasteiger partial charge in [-0.05, 0) is 56.3 Å². The van der Waals surface area contributed by atoms with Gasteiger partial charge in [0.05, 0.1) is 5.69 Å². The number of hydrogen-bond acceptors (Lipinski definition) is 4. The second-order valence-corrected chi connectivity index (χ2v) is 7.58. The summed E-state index contributed by atoms with van der Waals surface area (Å²) < 4.78 is 1.83. The molecule has 2 aromatic rings. The van der Waals surface area contributed by atoms with Gasteiger partial charge >= 0.3 is 0 Å². The van der Waals surface area contributed by atoms with Crippen molar-refractivity contribution in [3.05, 3.63) is 41.3 Å². The minimum atomic E-state index is -0.0000797. The molecule has 3 rings (SSSR count). The van der Waals surface area contributed by atoms with Crippen molar-refractivity contribution in [1.82, 2.24) is 20.1 Å². The minimum Gasteiger partial charge on any atom is -0.352 e. The molecule has 2 aromatic heterocycles. The number of carbonyl (C=O) groups is 1. The molecule has 0 aliphatic heterocycles. The molecule has 140 valence electrons. The SMILES string of the molecule is Cc1cc(C)n(-c2ccc(CNC(=O)CC3(CN)CCCCC3)cn2)n1. The number of rotatable bonds is 6. The van der Waals surface area contributed by atoms with Gasteiger partial charge in [-0.3, -0.25) is 4.79 Å². The molecular formula is C20H29N5O. The van der Waals surface area contributed by atoms with E-state index in [4.69, 9.17) is 5.73 Å². The second-order valence-electron chi connectivity index (χ2n) is 7.58. The lowest BCUT2D eigenvalue weighted by Gasteiger charge is -2.35. The minimum absolute atomic E-state index is 0.0000797. The molecule has 1 aliphatic carbocycles. The summed E-state index contributed by atoms with van der Waals surface area (Å²) in [5.74, 6) is 0.870. The van der Waals surface area contributed by atoms with Crippen LogP contribution in [0.4, 0.5) is 0 Å². The van der Waals surface area contributed by atoms with Gasteiger partial charge in [-0.2, -0.15) is 5.10 Å². The lowest BCUT2D eigenvalue weighted by Crippen LogP contribution is -2.38. The normalized spacial score (nSPS) is 16.4. The summed E-state index contributed by atoms with van der Waals surface area (Å²) in [6.07, 6.45) is 8.08. The molecule has 1 aliphatic rings. The van der Waals surface area contributed by atoms with E-state index in [-0.39, 0.29) is 11.3 Å². The van der Waals surface area contributed by atoms with Crippen LogP contribution in [-0.2, 0) is 11.3 Å². The molecule has 1 fully saturated rings. The Hall–Kier alpha value is -2.21. The van der Waals surface area contributed by atoms with Crippen LogP contribution in [-0.4, -0.2) is 27.2 Å². The summed E-state index contributed by atoms with van der Waals surface area (Å²) in [4.78, 5) is 16.9. The van der Waals surface area contributed by atoms with Crippen LogP contribution in [0.5, 0.6) is 0 Å². The van der Waals surface area contributed by atoms with E-state index in [0.717, 1.165) is 35.6 Å². The number of carbonyl (C=O) groups excluding carboxylic acids is 1. The summed E-state index contributed by atoms with van der Waals surface area (Å²) >= 11 is 0. The van der Waals surface area contributed by atoms with E-state index in [9.17, 15) is 4.79 Å². The lowest BCUT2D eigenvalue weighted by atomic mass is 9.71. The standard InChI is InChI=1S/C20H29N5O/c1-15-10-16(2)25(24-15)18-7-6-17(12-22-18)13-23-19(26)11-20(14-21)8-4-3-5-9-20/h6-7,10,12H,3-5,8-9,11,13-14,21H2,1-2H3,(H,23,26). The van der Waals surface area contributed by atoms with Crippen molar-refractivity contribution in [1.29, 1.82) is 0 Å². The maximum Gasteiger partial charge on any atom is 0.220 e. The average Bonchev–Trinajstić information content (AvgIpc) is 2.99. The van der Waals surface area contributed by atoms with Crippen molar-refractivity contribution in [2.24, 2.45) is 11.1 Å². The van der Waals surface area contributed by atoms with Crippen LogP contribution < -0.4 is 11.1 Å². The van der Waals surface area contributed by atoms with E-state index in [2.05, 4.69) is 15.4 Å². The average molecular weight is 355 g/mol. The zero-order valence-electron chi connectivity index (χ0n) is 15.8. The smallest absolute Gasteiger partial charge is 0.220 e. The molecule has 26 heavy (non-hydrogen) atoms. The fourth-order valence-corrected chi connectivity index (χ4v) is 3.87. The monoisotopic (exact) mass is 355 g/mol. The van der Waals surface area contributed by atoms with Gasteiger partial charge in [0.25, 0.3) is 0 Å². The quantitative estimate of drug-likeness (QED) is 0.834. The topological polar surface area (TPSA) is 85.8 Å². The first-order valence-corrected chi connectivity index (χ1v) is 9.47. The molecular weight excluding hydrogens is 326 g/mol. The molecule has 1 saturated carbocycles. The van der Waals surface area contributed by atoms with Crippen LogP contribution in [0.15, 0.2) is 24.4 Å². The third-order valence-electron chi connectivity index (χ3n) is 5.41. The molecule has 0 aromatic carbocycles. The maximum absolute atomic E-state index is 12.4. The van der Waals surface area contributed by atoms with Crippen molar-refractivity contribution in [2.75, 3.05) is 6.54 Å². The van der Waals surface area contributed by atoms with Crippen molar-refractivity contribution in [2.45, 2.75) is 58.9 Å². The third-order valence-corrected chi connectivity index (χ3v) is 5.41. The Morgan fingerprint density at radius 3 is 2.62 bits per heavy atom. The summed E-state index contributed by atoms with van der Waals surface area (Å²) in [7, 11) is 0. The number of nitrogens with zero attached hydrogens (tertiary/aromatic N) is 3. The van der Waals surface area contributed by atoms with Gasteiger partial charge in [-0.25, -0.2) is 9.67 Å². The van der Waals surface area contributed by atoms with Crippen LogP contribution in [0, 0.1) is 19.3 Å². The molecule has 0 bridgehead atoms. The van der Waals surface area contributed by atoms with E-state index in [1.807, 2.05) is 36.7 Å². The zero-order chi connectivity index (χ0) is 18.6. The Labute approximate surface area is 155 Å². The number of nitrogens with two attached hydrogens (primary N) is 1. The van der Waals surface area contributed by atoms with Crippen LogP contribution >= 0.6 is 0 Å². The van der Waals surface area contributed by atoms with Crippen molar-refractivity contribution in [3.63, 3.8) is 0 Å². The highest BCUT2D eigenvalue weighted by atomic mass is 16.1. The molecule has 0 radical (unpaired) electrons. The van der Waals surface area contributed by atoms with Crippen molar-refractivity contribution in [3.8, 4) is 5.82 Å². The van der Waals surface area contributed by atoms with E-state index in [0.29, 0.717) is 19.5 Å². The maximum atomic E-state index is 12.4. The number of hydrogen-bond donors (Lipinski definition) is 2. The van der Waals surface area contributed by atoms with Crippen molar-refractivity contribution >= 4 is 5.91 Å². The van der Waals surface area contributed by atoms with Crippen LogP contribution in [0.2, 0.25) is 0 Å². The molecule has 1 amide bonds. The largest absolute Gasteiger partial charge is 0.352 e. The number of aryl methyl sites for hydroxylation is 2. The second kappa shape index (κ2) is 7.99. The highest BCUT2D eigenvalue weighted by molar-refractivity contribution is 5.76. The van der Waals surface area contributed by atoms with Gasteiger partial charge in [0.15, 0.2) is 5.82 Å². The van der Waals surface area contributed by atoms with Gasteiger partial charge in [0.1, 0.15) is 0 Å². The highest BCUT2D eigenvalue weighted by Gasteiger charge is 2.32. The molecule has 0 saturated heterocycles. The molecule has 2 heterocycles. The Balaban J connectivity index is 1.56. The summed E-state index contributed by atoms with van der Waals surface area (Å²) in [5, 5.41) is 7.46. The third kappa shape index (κ3) is 4.30. The number of amides is 1. The fraction of sp³-hybridized carbons (Fsp3) is 0.550. The Morgan fingerprint density at radius 1 is 1.27 bits per heavy atom. The Kier molecular flexibility index (Phi) is 5.71. The highest BCUT2D eigenvalue weighted by Crippen LogP contribution is 2.38. The number of aromatic nitrogens is 3. The molecule has 0 unspecified atom stereocenters. The van der Waals surface area contributed by atoms with Crippen LogP contribution in [0.25, 0.3) is 5.82 Å². The van der Waals surface area contributed by atoms with Gasteiger partial charge < -0.3 is 11.1 Å². The summed E-state index contributed by atoms with van der Waals surface area (Å²) in [6, 6.07) is 5.94. The zero-order valence-corrected chi connectivity index (χ0v) is 15.8.